The van der Waals surface area contributed by atoms with Crippen LogP contribution in [0.2, 0.25) is 0 Å². The number of hydrogen-bond acceptors (Lipinski definition) is 24. The summed E-state index contributed by atoms with van der Waals surface area (Å²) < 4.78 is 91.9. The van der Waals surface area contributed by atoms with Crippen molar-refractivity contribution < 1.29 is 76.0 Å². The summed E-state index contributed by atoms with van der Waals surface area (Å²) in [5.74, 6) is -3.86. The second kappa shape index (κ2) is 57.6. The molecule has 0 radical (unpaired) electrons. The lowest BCUT2D eigenvalue weighted by molar-refractivity contribution is -0.123. The van der Waals surface area contributed by atoms with Crippen molar-refractivity contribution in [3.8, 4) is 69.0 Å². The van der Waals surface area contributed by atoms with E-state index in [9.17, 15) is 57.5 Å². The Kier molecular flexibility index (Phi) is 43.7. The van der Waals surface area contributed by atoms with Crippen molar-refractivity contribution in [1.29, 1.82) is 0 Å². The van der Waals surface area contributed by atoms with Gasteiger partial charge in [-0.25, -0.2) is 19.2 Å². The topological polar surface area (TPSA) is 447 Å². The van der Waals surface area contributed by atoms with Gasteiger partial charge in [-0.1, -0.05) is 259 Å². The number of hydrogen-bond donors (Lipinski definition) is 8. The second-order valence-electron chi connectivity index (χ2n) is 40.1. The van der Waals surface area contributed by atoms with Gasteiger partial charge in [-0.3, -0.25) is 76.6 Å². The zero-order valence-corrected chi connectivity index (χ0v) is 88.1. The Labute approximate surface area is 864 Å². The molecule has 0 atom stereocenters. The average Bonchev–Trinajstić information content (AvgIpc) is 0.715. The van der Waals surface area contributed by atoms with Crippen LogP contribution in [0.15, 0.2) is 87.4 Å². The summed E-state index contributed by atoms with van der Waals surface area (Å²) in [5, 5.41) is 11.8. The number of rotatable bonds is 64. The van der Waals surface area contributed by atoms with Gasteiger partial charge in [-0.05, 0) is 77.6 Å². The predicted octanol–water partition coefficient (Wildman–Crippen LogP) is 16.5. The van der Waals surface area contributed by atoms with Crippen molar-refractivity contribution >= 4 is 23.6 Å². The molecule has 148 heavy (non-hydrogen) atoms. The largest absolute Gasteiger partial charge is 0.476 e. The zero-order valence-electron chi connectivity index (χ0n) is 88.1. The highest BCUT2D eigenvalue weighted by atomic mass is 16.7. The van der Waals surface area contributed by atoms with E-state index in [1.54, 1.807) is 27.7 Å². The Morgan fingerprint density at radius 3 is 0.595 bits per heavy atom. The molecule has 0 saturated carbocycles. The summed E-state index contributed by atoms with van der Waals surface area (Å²) in [7, 11) is 0. The Hall–Kier alpha value is -12.9. The van der Waals surface area contributed by atoms with E-state index >= 15 is 0 Å². The fourth-order valence-electron chi connectivity index (χ4n) is 20.7. The summed E-state index contributed by atoms with van der Waals surface area (Å²) in [6, 6.07) is 8.58. The average molecular weight is 2050 g/mol. The lowest BCUT2D eigenvalue weighted by Crippen LogP contribution is -2.36. The number of aromatic amines is 4. The second-order valence-corrected chi connectivity index (χ2v) is 40.1. The van der Waals surface area contributed by atoms with E-state index in [2.05, 4.69) is 93.2 Å². The lowest BCUT2D eigenvalue weighted by Gasteiger charge is -2.37. The Morgan fingerprint density at radius 1 is 0.264 bits per heavy atom. The molecule has 4 aliphatic heterocycles. The van der Waals surface area contributed by atoms with Crippen molar-refractivity contribution in [2.45, 2.75) is 362 Å². The summed E-state index contributed by atoms with van der Waals surface area (Å²) in [6.45, 7) is 10.2. The number of aryl methyl sites for hydroxylation is 4. The SMILES string of the molecule is CCCCCCCCCCCC1c2cc3c4c(OCC(=O)NCCn5cc(C)c(=O)[nH]c5=O)c2OCOc2c1cc1c(c2OCC(=O)NCCn2cc(C)c(=O)[nH]c2=O)OCOc2c(cc5c(c2OCC(=O)NCCn2cc(C)c(=O)[nH]c2=O)OCOc2c(cc(c(c2OCC(=O)NCCn2cc(C)c(=O)[nH]c2=O)OCO4)C3CCCCCCCCCCC)C5CCCCCCCCCCC)C1CCCCCCCCCCC. The first-order valence-corrected chi connectivity index (χ1v) is 54.6. The van der Waals surface area contributed by atoms with Crippen LogP contribution < -0.4 is 123 Å². The number of unbranched alkanes of at least 4 members (excludes halogenated alkanes) is 32. The molecule has 0 saturated heterocycles. The lowest BCUT2D eigenvalue weighted by atomic mass is 9.75. The van der Waals surface area contributed by atoms with Gasteiger partial charge < -0.3 is 78.1 Å². The van der Waals surface area contributed by atoms with E-state index in [1.807, 2.05) is 0 Å². The maximum atomic E-state index is 15.0. The molecule has 36 nitrogen and oxygen atoms in total. The number of ether oxygens (including phenoxy) is 12. The molecule has 4 aromatic heterocycles. The summed E-state index contributed by atoms with van der Waals surface area (Å²) in [6.07, 6.45) is 43.0. The highest BCUT2D eigenvalue weighted by Gasteiger charge is 2.44. The van der Waals surface area contributed by atoms with Gasteiger partial charge in [-0.15, -0.1) is 0 Å². The minimum Gasteiger partial charge on any atom is -0.476 e. The van der Waals surface area contributed by atoms with Gasteiger partial charge in [0.05, 0.1) is 0 Å². The molecule has 0 unspecified atom stereocenters. The molecule has 0 spiro atoms. The number of nitrogens with zero attached hydrogens (tertiary/aromatic N) is 4. The van der Waals surface area contributed by atoms with E-state index in [1.165, 1.54) is 43.1 Å². The highest BCUT2D eigenvalue weighted by molar-refractivity contribution is 5.81. The van der Waals surface area contributed by atoms with Crippen LogP contribution in [-0.2, 0) is 45.4 Å². The van der Waals surface area contributed by atoms with Crippen LogP contribution >= 0.6 is 0 Å². The monoisotopic (exact) mass is 2050 g/mol. The van der Waals surface area contributed by atoms with E-state index in [0.717, 1.165) is 205 Å². The Morgan fingerprint density at radius 2 is 0.426 bits per heavy atom. The highest BCUT2D eigenvalue weighted by Crippen LogP contribution is 2.63. The first-order chi connectivity index (χ1) is 72.0. The van der Waals surface area contributed by atoms with Gasteiger partial charge in [0.2, 0.25) is 50.2 Å². The molecule has 8 aromatic rings. The van der Waals surface area contributed by atoms with Gasteiger partial charge in [0.25, 0.3) is 45.9 Å². The fourth-order valence-corrected chi connectivity index (χ4v) is 20.7. The Bertz CT molecular complexity index is 5430. The molecule has 1 aliphatic carbocycles. The molecule has 808 valence electrons. The van der Waals surface area contributed by atoms with Gasteiger partial charge in [-0.2, -0.15) is 0 Å². The number of amides is 4. The van der Waals surface area contributed by atoms with Crippen LogP contribution in [-0.4, -0.2) is 142 Å². The number of carbonyl (C=O) groups excluding carboxylic acids is 4. The Balaban J connectivity index is 1.09. The third-order valence-electron chi connectivity index (χ3n) is 28.9. The minimum atomic E-state index is -0.773. The standard InChI is InChI=1S/C112H156N12O24/c1-9-13-17-21-25-29-33-37-41-45-77-81-57-83-78(46-42-38-34-30-26-22-18-14-10-2)85-59-87-80(48-44-40-36-32-28-24-20-16-12-4)88-60-86-79(47-43-39-35-31-27-23-19-15-11-3)84-58-82(77)94-102(138-66-90(126)114-50-54-122-62-74(6)106(130)118-110(122)134)96(84)144-71-146-98(86)104(140-68-92(128)116-52-56-124-64-76(8)108(132)120-112(124)136)100(88)148-72-147-99(87)103(139-67-91(127)115-51-55-123-63-75(7)107(131)119-111(123)135)97(85)145-70-143-95(83)101(93(81)141-69-142-94)137-65-89(125)113-49-53-121-61-73(5)105(129)117-109(121)133/h57-64,77-80H,9-56,65-72H2,1-8H3,(H,113,125)(H,114,126)(H,115,127)(H,116,128)(H,117,129,133)(H,118,130,134)(H,119,131,135)(H,120,132,136). The van der Waals surface area contributed by atoms with E-state index < -0.39 is 146 Å². The van der Waals surface area contributed by atoms with Crippen LogP contribution in [0.3, 0.4) is 0 Å². The molecule has 0 fully saturated rings. The molecule has 8 heterocycles. The molecule has 8 N–H and O–H groups in total. The normalized spacial score (nSPS) is 14.9. The van der Waals surface area contributed by atoms with Crippen molar-refractivity contribution in [2.75, 3.05) is 79.8 Å². The first-order valence-electron chi connectivity index (χ1n) is 54.6. The number of H-pyrrole nitrogens is 4. The van der Waals surface area contributed by atoms with Crippen molar-refractivity contribution in [1.82, 2.24) is 59.5 Å². The number of benzene rings is 4. The minimum absolute atomic E-state index is 0.00830. The smallest absolute Gasteiger partial charge is 0.328 e. The summed E-state index contributed by atoms with van der Waals surface area (Å²) in [5.41, 5.74) is 1.33. The summed E-state index contributed by atoms with van der Waals surface area (Å²) in [4.78, 5) is 172. The fraction of sp³-hybridized carbons (Fsp3) is 0.607. The van der Waals surface area contributed by atoms with Gasteiger partial charge >= 0.3 is 22.8 Å². The van der Waals surface area contributed by atoms with E-state index in [4.69, 9.17) is 56.8 Å². The van der Waals surface area contributed by atoms with Crippen LogP contribution in [0.4, 0.5) is 0 Å². The van der Waals surface area contributed by atoms with Crippen molar-refractivity contribution in [3.05, 3.63) is 199 Å². The van der Waals surface area contributed by atoms with Gasteiger partial charge in [0, 0.05) is 168 Å². The number of aromatic nitrogens is 8. The molecule has 4 amide bonds. The third-order valence-corrected chi connectivity index (χ3v) is 28.9. The summed E-state index contributed by atoms with van der Waals surface area (Å²) >= 11 is 0. The molecule has 5 aliphatic rings. The maximum Gasteiger partial charge on any atom is 0.328 e. The molecule has 8 bridgehead atoms. The van der Waals surface area contributed by atoms with Crippen LogP contribution in [0, 0.1) is 27.7 Å². The molecule has 13 rings (SSSR count). The van der Waals surface area contributed by atoms with E-state index in [-0.39, 0.29) is 121 Å². The van der Waals surface area contributed by atoms with Crippen molar-refractivity contribution in [2.24, 2.45) is 0 Å². The number of carbonyl (C=O) groups is 4. The molecular formula is C112H156N12O24. The van der Waals surface area contributed by atoms with Crippen molar-refractivity contribution in [3.63, 3.8) is 0 Å². The van der Waals surface area contributed by atoms with E-state index in [0.29, 0.717) is 118 Å². The maximum absolute atomic E-state index is 15.0. The molecular weight excluding hydrogens is 1900 g/mol. The zero-order chi connectivity index (χ0) is 105. The van der Waals surface area contributed by atoms with Crippen LogP contribution in [0.1, 0.15) is 375 Å². The van der Waals surface area contributed by atoms with Crippen LogP contribution in [0.25, 0.3) is 0 Å². The van der Waals surface area contributed by atoms with Crippen LogP contribution in [0.5, 0.6) is 69.0 Å². The molecule has 4 aromatic carbocycles. The molecule has 36 heteroatoms. The van der Waals surface area contributed by atoms with Gasteiger partial charge in [0.15, 0.2) is 72.4 Å². The van der Waals surface area contributed by atoms with Gasteiger partial charge in [0.1, 0.15) is 0 Å². The first kappa shape index (κ1) is 112. The predicted molar refractivity (Wildman–Crippen MR) is 563 cm³/mol. The number of nitrogens with one attached hydrogen (secondary N) is 8. The quantitative estimate of drug-likeness (QED) is 0.0164. The third kappa shape index (κ3) is 30.7.